The summed E-state index contributed by atoms with van der Waals surface area (Å²) in [5, 5.41) is 3.28. The number of likely N-dealkylation sites (tertiary alicyclic amines) is 1. The van der Waals surface area contributed by atoms with Crippen LogP contribution in [0, 0.1) is 0 Å². The predicted molar refractivity (Wildman–Crippen MR) is 114 cm³/mol. The van der Waals surface area contributed by atoms with Crippen LogP contribution in [0.2, 0.25) is 0 Å². The minimum absolute atomic E-state index is 0.0389. The Morgan fingerprint density at radius 3 is 2.45 bits per heavy atom. The molecule has 5 nitrogen and oxygen atoms in total. The highest BCUT2D eigenvalue weighted by Gasteiger charge is 2.42. The van der Waals surface area contributed by atoms with Crippen LogP contribution in [0.5, 0.6) is 5.75 Å². The van der Waals surface area contributed by atoms with E-state index >= 15 is 0 Å². The van der Waals surface area contributed by atoms with Crippen molar-refractivity contribution < 1.29 is 19.2 Å². The highest BCUT2D eigenvalue weighted by atomic mass is 16.5. The molecular formula is C24H37N2O3+. The van der Waals surface area contributed by atoms with Crippen LogP contribution >= 0.6 is 0 Å². The first-order valence-electron chi connectivity index (χ1n) is 11.7. The molecule has 0 spiro atoms. The van der Waals surface area contributed by atoms with Gasteiger partial charge in [-0.3, -0.25) is 4.79 Å². The Morgan fingerprint density at radius 1 is 1.03 bits per heavy atom. The molecule has 160 valence electrons. The zero-order valence-corrected chi connectivity index (χ0v) is 17.7. The van der Waals surface area contributed by atoms with Crippen molar-refractivity contribution in [3.63, 3.8) is 0 Å². The molecule has 3 aliphatic rings. The van der Waals surface area contributed by atoms with Gasteiger partial charge >= 0.3 is 0 Å². The number of hydrogen-bond donors (Lipinski definition) is 2. The van der Waals surface area contributed by atoms with Crippen LogP contribution in [0.1, 0.15) is 74.6 Å². The van der Waals surface area contributed by atoms with Gasteiger partial charge in [0.15, 0.2) is 0 Å². The van der Waals surface area contributed by atoms with Gasteiger partial charge in [-0.25, -0.2) is 0 Å². The number of hydrogen-bond acceptors (Lipinski definition) is 3. The van der Waals surface area contributed by atoms with Crippen LogP contribution < -0.4 is 15.0 Å². The summed E-state index contributed by atoms with van der Waals surface area (Å²) in [6.45, 7) is 4.78. The SMILES string of the molecule is O=C(NCC1([NH+]2CCCCC2)CCCCC1)c1ccc(OC[C@@H]2CCCO2)cc1. The Hall–Kier alpha value is -1.59. The molecule has 1 aromatic rings. The molecule has 1 aliphatic carbocycles. The van der Waals surface area contributed by atoms with Crippen LogP contribution in [-0.4, -0.2) is 50.4 Å². The molecule has 1 aromatic carbocycles. The van der Waals surface area contributed by atoms with Gasteiger partial charge in [-0.05, 0) is 69.2 Å². The summed E-state index contributed by atoms with van der Waals surface area (Å²) in [5.41, 5.74) is 0.965. The summed E-state index contributed by atoms with van der Waals surface area (Å²) in [7, 11) is 0. The molecule has 5 heteroatoms. The average molecular weight is 402 g/mol. The summed E-state index contributed by atoms with van der Waals surface area (Å²) >= 11 is 0. The van der Waals surface area contributed by atoms with E-state index in [1.807, 2.05) is 24.3 Å². The smallest absolute Gasteiger partial charge is 0.251 e. The highest BCUT2D eigenvalue weighted by Crippen LogP contribution is 2.26. The summed E-state index contributed by atoms with van der Waals surface area (Å²) in [5.74, 6) is 0.843. The minimum Gasteiger partial charge on any atom is -0.491 e. The number of quaternary nitrogens is 1. The Labute approximate surface area is 175 Å². The molecule has 2 N–H and O–H groups in total. The Balaban J connectivity index is 1.31. The molecule has 1 atom stereocenters. The fourth-order valence-electron chi connectivity index (χ4n) is 5.41. The molecule has 0 unspecified atom stereocenters. The molecule has 0 radical (unpaired) electrons. The number of carbonyl (C=O) groups is 1. The van der Waals surface area contributed by atoms with Gasteiger partial charge in [0, 0.05) is 25.0 Å². The normalized spacial score (nSPS) is 24.9. The maximum absolute atomic E-state index is 12.8. The van der Waals surface area contributed by atoms with E-state index in [1.165, 1.54) is 64.5 Å². The van der Waals surface area contributed by atoms with Gasteiger partial charge in [0.2, 0.25) is 0 Å². The number of benzene rings is 1. The maximum Gasteiger partial charge on any atom is 0.251 e. The average Bonchev–Trinajstić information content (AvgIpc) is 3.31. The number of ether oxygens (including phenoxy) is 2. The molecule has 0 bridgehead atoms. The third-order valence-corrected chi connectivity index (χ3v) is 7.18. The van der Waals surface area contributed by atoms with Gasteiger partial charge < -0.3 is 19.7 Å². The number of nitrogens with one attached hydrogen (secondary N) is 2. The van der Waals surface area contributed by atoms with Crippen molar-refractivity contribution >= 4 is 5.91 Å². The summed E-state index contributed by atoms with van der Waals surface area (Å²) in [4.78, 5) is 14.5. The quantitative estimate of drug-likeness (QED) is 0.739. The first kappa shape index (κ1) is 20.7. The van der Waals surface area contributed by atoms with E-state index in [9.17, 15) is 4.79 Å². The highest BCUT2D eigenvalue weighted by molar-refractivity contribution is 5.94. The second kappa shape index (κ2) is 9.94. The number of piperidine rings is 1. The number of carbonyl (C=O) groups excluding carboxylic acids is 1. The molecule has 1 amide bonds. The standard InChI is InChI=1S/C24H36N2O3/c27-23(20-9-11-21(12-10-20)29-18-22-8-7-17-28-22)25-19-24(13-3-1-4-14-24)26-15-5-2-6-16-26/h9-12,22H,1-8,13-19H2,(H,25,27)/p+1/t22-/m0/s1. The molecule has 2 heterocycles. The monoisotopic (exact) mass is 401 g/mol. The fraction of sp³-hybridized carbons (Fsp3) is 0.708. The van der Waals surface area contributed by atoms with Crippen molar-refractivity contribution in [2.75, 3.05) is 32.8 Å². The van der Waals surface area contributed by atoms with Crippen LogP contribution in [0.25, 0.3) is 0 Å². The van der Waals surface area contributed by atoms with Gasteiger partial charge in [-0.1, -0.05) is 6.42 Å². The second-order valence-corrected chi connectivity index (χ2v) is 9.16. The Kier molecular flexibility index (Phi) is 7.09. The first-order valence-corrected chi connectivity index (χ1v) is 11.7. The van der Waals surface area contributed by atoms with Gasteiger partial charge in [0.25, 0.3) is 5.91 Å². The fourth-order valence-corrected chi connectivity index (χ4v) is 5.41. The predicted octanol–water partition coefficient (Wildman–Crippen LogP) is 2.75. The van der Waals surface area contributed by atoms with E-state index in [2.05, 4.69) is 5.32 Å². The van der Waals surface area contributed by atoms with E-state index < -0.39 is 0 Å². The minimum atomic E-state index is 0.0389. The summed E-state index contributed by atoms with van der Waals surface area (Å²) < 4.78 is 11.4. The van der Waals surface area contributed by atoms with Gasteiger partial charge in [-0.2, -0.15) is 0 Å². The molecule has 2 saturated heterocycles. The summed E-state index contributed by atoms with van der Waals surface area (Å²) in [6.07, 6.45) is 12.9. The second-order valence-electron chi connectivity index (χ2n) is 9.16. The first-order chi connectivity index (χ1) is 14.3. The van der Waals surface area contributed by atoms with E-state index in [0.29, 0.717) is 12.2 Å². The van der Waals surface area contributed by atoms with E-state index in [-0.39, 0.29) is 17.6 Å². The van der Waals surface area contributed by atoms with Gasteiger partial charge in [0.1, 0.15) is 17.9 Å². The lowest BCUT2D eigenvalue weighted by atomic mass is 9.79. The number of rotatable bonds is 7. The summed E-state index contributed by atoms with van der Waals surface area (Å²) in [6, 6.07) is 7.55. The van der Waals surface area contributed by atoms with E-state index in [0.717, 1.165) is 31.7 Å². The van der Waals surface area contributed by atoms with Crippen molar-refractivity contribution in [3.8, 4) is 5.75 Å². The van der Waals surface area contributed by atoms with Crippen LogP contribution in [-0.2, 0) is 4.74 Å². The van der Waals surface area contributed by atoms with Crippen molar-refractivity contribution in [2.45, 2.75) is 75.9 Å². The lowest BCUT2D eigenvalue weighted by molar-refractivity contribution is -0.957. The van der Waals surface area contributed by atoms with Crippen molar-refractivity contribution in [2.24, 2.45) is 0 Å². The zero-order chi connectivity index (χ0) is 19.9. The zero-order valence-electron chi connectivity index (χ0n) is 17.7. The molecule has 0 aromatic heterocycles. The largest absolute Gasteiger partial charge is 0.491 e. The molecule has 4 rings (SSSR count). The third kappa shape index (κ3) is 5.32. The Bertz CT molecular complexity index is 643. The van der Waals surface area contributed by atoms with Crippen LogP contribution in [0.3, 0.4) is 0 Å². The molecular weight excluding hydrogens is 364 g/mol. The van der Waals surface area contributed by atoms with Crippen molar-refractivity contribution in [1.29, 1.82) is 0 Å². The molecule has 2 aliphatic heterocycles. The van der Waals surface area contributed by atoms with Crippen LogP contribution in [0.15, 0.2) is 24.3 Å². The van der Waals surface area contributed by atoms with Crippen LogP contribution in [0.4, 0.5) is 0 Å². The molecule has 29 heavy (non-hydrogen) atoms. The topological polar surface area (TPSA) is 52.0 Å². The lowest BCUT2D eigenvalue weighted by Crippen LogP contribution is -3.22. The molecule has 1 saturated carbocycles. The maximum atomic E-state index is 12.8. The van der Waals surface area contributed by atoms with Crippen molar-refractivity contribution in [3.05, 3.63) is 29.8 Å². The third-order valence-electron chi connectivity index (χ3n) is 7.18. The van der Waals surface area contributed by atoms with Crippen molar-refractivity contribution in [1.82, 2.24) is 5.32 Å². The van der Waals surface area contributed by atoms with E-state index in [4.69, 9.17) is 9.47 Å². The Morgan fingerprint density at radius 2 is 1.76 bits per heavy atom. The number of amides is 1. The lowest BCUT2D eigenvalue weighted by Gasteiger charge is -2.45. The molecule has 3 fully saturated rings. The van der Waals surface area contributed by atoms with Gasteiger partial charge in [-0.15, -0.1) is 0 Å². The van der Waals surface area contributed by atoms with E-state index in [1.54, 1.807) is 4.90 Å². The van der Waals surface area contributed by atoms with Gasteiger partial charge in [0.05, 0.1) is 25.7 Å².